The maximum Gasteiger partial charge on any atom is 0.314 e. The quantitative estimate of drug-likeness (QED) is 0.603. The van der Waals surface area contributed by atoms with Crippen LogP contribution in [0.3, 0.4) is 0 Å². The molecule has 2 aromatic carbocycles. The predicted molar refractivity (Wildman–Crippen MR) is 77.0 cm³/mol. The van der Waals surface area contributed by atoms with Crippen molar-refractivity contribution in [2.24, 2.45) is 0 Å². The zero-order chi connectivity index (χ0) is 15.2. The summed E-state index contributed by atoms with van der Waals surface area (Å²) < 4.78 is 15.7. The van der Waals surface area contributed by atoms with Crippen molar-refractivity contribution in [3.8, 4) is 17.2 Å². The van der Waals surface area contributed by atoms with Crippen LogP contribution >= 0.6 is 0 Å². The summed E-state index contributed by atoms with van der Waals surface area (Å²) in [5.74, 6) is 1.27. The normalized spacial score (nSPS) is 10.0. The van der Waals surface area contributed by atoms with Crippen LogP contribution in [0, 0.1) is 10.1 Å². The van der Waals surface area contributed by atoms with Crippen LogP contribution < -0.4 is 14.2 Å². The minimum Gasteiger partial charge on any atom is -0.496 e. The molecular weight excluding hydrogens is 274 g/mol. The first kappa shape index (κ1) is 14.6. The fraction of sp³-hybridized carbons (Fsp3) is 0.200. The Balaban J connectivity index is 2.21. The minimum atomic E-state index is -0.500. The number of rotatable bonds is 6. The molecule has 2 aromatic rings. The summed E-state index contributed by atoms with van der Waals surface area (Å²) in [6.07, 6.45) is 0. The van der Waals surface area contributed by atoms with Crippen LogP contribution in [0.1, 0.15) is 5.56 Å². The molecule has 110 valence electrons. The van der Waals surface area contributed by atoms with Crippen molar-refractivity contribution in [2.75, 3.05) is 14.2 Å². The Morgan fingerprint density at radius 1 is 1.05 bits per heavy atom. The van der Waals surface area contributed by atoms with E-state index < -0.39 is 4.92 Å². The van der Waals surface area contributed by atoms with E-state index in [-0.39, 0.29) is 18.0 Å². The molecule has 0 heterocycles. The Hall–Kier alpha value is -2.76. The number of nitro groups is 1. The zero-order valence-electron chi connectivity index (χ0n) is 11.7. The summed E-state index contributed by atoms with van der Waals surface area (Å²) in [7, 11) is 3.02. The molecule has 21 heavy (non-hydrogen) atoms. The van der Waals surface area contributed by atoms with Crippen molar-refractivity contribution in [2.45, 2.75) is 6.61 Å². The molecule has 0 bridgehead atoms. The third kappa shape index (κ3) is 3.42. The number of hydrogen-bond donors (Lipinski definition) is 0. The molecule has 0 aromatic heterocycles. The van der Waals surface area contributed by atoms with Gasteiger partial charge in [0.15, 0.2) is 5.75 Å². The molecule has 0 fully saturated rings. The van der Waals surface area contributed by atoms with Crippen LogP contribution in [0.2, 0.25) is 0 Å². The predicted octanol–water partition coefficient (Wildman–Crippen LogP) is 3.19. The van der Waals surface area contributed by atoms with Gasteiger partial charge in [0, 0.05) is 5.56 Å². The molecule has 0 saturated heterocycles. The van der Waals surface area contributed by atoms with Gasteiger partial charge >= 0.3 is 5.69 Å². The van der Waals surface area contributed by atoms with E-state index in [0.29, 0.717) is 11.5 Å². The van der Waals surface area contributed by atoms with Gasteiger partial charge in [0.2, 0.25) is 0 Å². The average molecular weight is 289 g/mol. The number of nitrogens with zero attached hydrogens (tertiary/aromatic N) is 1. The Morgan fingerprint density at radius 2 is 1.81 bits per heavy atom. The van der Waals surface area contributed by atoms with Crippen LogP contribution in [0.4, 0.5) is 5.69 Å². The van der Waals surface area contributed by atoms with Gasteiger partial charge in [0.05, 0.1) is 25.2 Å². The largest absolute Gasteiger partial charge is 0.496 e. The van der Waals surface area contributed by atoms with Gasteiger partial charge in [-0.25, -0.2) is 0 Å². The van der Waals surface area contributed by atoms with E-state index in [4.69, 9.17) is 14.2 Å². The lowest BCUT2D eigenvalue weighted by Crippen LogP contribution is -2.01. The second-order valence-corrected chi connectivity index (χ2v) is 4.19. The van der Waals surface area contributed by atoms with E-state index in [1.54, 1.807) is 19.2 Å². The Kier molecular flexibility index (Phi) is 4.61. The van der Waals surface area contributed by atoms with E-state index >= 15 is 0 Å². The molecule has 0 unspecified atom stereocenters. The maximum absolute atomic E-state index is 11.1. The van der Waals surface area contributed by atoms with E-state index in [1.807, 2.05) is 18.2 Å². The van der Waals surface area contributed by atoms with Gasteiger partial charge in [0.25, 0.3) is 0 Å². The standard InChI is InChI=1S/C15H15NO5/c1-19-12-7-8-15(13(9-12)16(17)18)21-10-11-5-3-4-6-14(11)20-2/h3-9H,10H2,1-2H3. The summed E-state index contributed by atoms with van der Waals surface area (Å²) >= 11 is 0. The topological polar surface area (TPSA) is 70.8 Å². The van der Waals surface area contributed by atoms with Crippen LogP contribution in [-0.2, 0) is 6.61 Å². The molecule has 6 nitrogen and oxygen atoms in total. The van der Waals surface area contributed by atoms with E-state index in [0.717, 1.165) is 5.56 Å². The number of methoxy groups -OCH3 is 2. The van der Waals surface area contributed by atoms with Gasteiger partial charge in [-0.15, -0.1) is 0 Å². The van der Waals surface area contributed by atoms with Crippen LogP contribution in [0.25, 0.3) is 0 Å². The molecule has 0 atom stereocenters. The highest BCUT2D eigenvalue weighted by Crippen LogP contribution is 2.32. The first-order chi connectivity index (χ1) is 10.2. The van der Waals surface area contributed by atoms with Crippen molar-refractivity contribution >= 4 is 5.69 Å². The van der Waals surface area contributed by atoms with Gasteiger partial charge in [-0.2, -0.15) is 0 Å². The molecule has 0 amide bonds. The molecule has 0 radical (unpaired) electrons. The Morgan fingerprint density at radius 3 is 2.48 bits per heavy atom. The van der Waals surface area contributed by atoms with Crippen molar-refractivity contribution in [3.63, 3.8) is 0 Å². The molecular formula is C15H15NO5. The number of ether oxygens (including phenoxy) is 3. The smallest absolute Gasteiger partial charge is 0.314 e. The summed E-state index contributed by atoms with van der Waals surface area (Å²) in [5, 5.41) is 11.1. The number of nitro benzene ring substituents is 1. The van der Waals surface area contributed by atoms with Crippen LogP contribution in [-0.4, -0.2) is 19.1 Å². The van der Waals surface area contributed by atoms with Gasteiger partial charge in [0.1, 0.15) is 18.1 Å². The monoisotopic (exact) mass is 289 g/mol. The number of para-hydroxylation sites is 1. The van der Waals surface area contributed by atoms with E-state index in [2.05, 4.69) is 0 Å². The fourth-order valence-electron chi connectivity index (χ4n) is 1.87. The van der Waals surface area contributed by atoms with E-state index in [1.165, 1.54) is 19.2 Å². The highest BCUT2D eigenvalue weighted by atomic mass is 16.6. The maximum atomic E-state index is 11.1. The third-order valence-electron chi connectivity index (χ3n) is 2.94. The highest BCUT2D eigenvalue weighted by molar-refractivity contribution is 5.51. The number of benzene rings is 2. The summed E-state index contributed by atoms with van der Waals surface area (Å²) in [5.41, 5.74) is 0.675. The Labute approximate surface area is 122 Å². The van der Waals surface area contributed by atoms with Crippen molar-refractivity contribution in [3.05, 3.63) is 58.1 Å². The van der Waals surface area contributed by atoms with Crippen LogP contribution in [0.5, 0.6) is 17.2 Å². The molecule has 0 aliphatic heterocycles. The third-order valence-corrected chi connectivity index (χ3v) is 2.94. The molecule has 0 saturated carbocycles. The van der Waals surface area contributed by atoms with Crippen molar-refractivity contribution < 1.29 is 19.1 Å². The minimum absolute atomic E-state index is 0.135. The second kappa shape index (κ2) is 6.60. The molecule has 2 rings (SSSR count). The zero-order valence-corrected chi connectivity index (χ0v) is 11.7. The fourth-order valence-corrected chi connectivity index (χ4v) is 1.87. The summed E-state index contributed by atoms with van der Waals surface area (Å²) in [6.45, 7) is 0.178. The SMILES string of the molecule is COc1ccc(OCc2ccccc2OC)c([N+](=O)[O-])c1. The van der Waals surface area contributed by atoms with Gasteiger partial charge in [-0.3, -0.25) is 10.1 Å². The average Bonchev–Trinajstić information content (AvgIpc) is 2.52. The lowest BCUT2D eigenvalue weighted by Gasteiger charge is -2.10. The van der Waals surface area contributed by atoms with Crippen molar-refractivity contribution in [1.29, 1.82) is 0 Å². The molecule has 0 spiro atoms. The lowest BCUT2D eigenvalue weighted by atomic mass is 10.2. The molecule has 6 heteroatoms. The second-order valence-electron chi connectivity index (χ2n) is 4.19. The van der Waals surface area contributed by atoms with Gasteiger partial charge in [-0.1, -0.05) is 18.2 Å². The van der Waals surface area contributed by atoms with Crippen molar-refractivity contribution in [1.82, 2.24) is 0 Å². The van der Waals surface area contributed by atoms with Gasteiger partial charge in [-0.05, 0) is 18.2 Å². The summed E-state index contributed by atoms with van der Waals surface area (Å²) in [6, 6.07) is 11.8. The first-order valence-electron chi connectivity index (χ1n) is 6.23. The molecule has 0 N–H and O–H groups in total. The molecule has 0 aliphatic rings. The summed E-state index contributed by atoms with van der Waals surface area (Å²) in [4.78, 5) is 10.6. The van der Waals surface area contributed by atoms with Crippen LogP contribution in [0.15, 0.2) is 42.5 Å². The lowest BCUT2D eigenvalue weighted by molar-refractivity contribution is -0.386. The van der Waals surface area contributed by atoms with Gasteiger partial charge < -0.3 is 14.2 Å². The molecule has 0 aliphatic carbocycles. The highest BCUT2D eigenvalue weighted by Gasteiger charge is 2.17. The first-order valence-corrected chi connectivity index (χ1v) is 6.23. The Bertz CT molecular complexity index is 642. The van der Waals surface area contributed by atoms with E-state index in [9.17, 15) is 10.1 Å². The number of hydrogen-bond acceptors (Lipinski definition) is 5.